The third kappa shape index (κ3) is 6.11. The summed E-state index contributed by atoms with van der Waals surface area (Å²) in [6.07, 6.45) is 2.96. The van der Waals surface area contributed by atoms with E-state index in [0.717, 1.165) is 45.4 Å². The number of nitrogens with one attached hydrogen (secondary N) is 1. The number of morpholine rings is 1. The molecule has 0 aliphatic carbocycles. The Morgan fingerprint density at radius 3 is 2.46 bits per heavy atom. The van der Waals surface area contributed by atoms with E-state index in [4.69, 9.17) is 9.47 Å². The van der Waals surface area contributed by atoms with Crippen LogP contribution in [0.2, 0.25) is 0 Å². The number of aldehydes is 1. The fraction of sp³-hybridized carbons (Fsp3) is 0.600. The molecule has 0 bridgehead atoms. The van der Waals surface area contributed by atoms with Crippen molar-refractivity contribution in [3.63, 3.8) is 0 Å². The summed E-state index contributed by atoms with van der Waals surface area (Å²) >= 11 is 0. The standard InChI is InChI=1S/C20H30N2O4/c1-3-17(4-2)19(22-9-11-25-12-10-22)13-21-20(24)15-26-18-7-5-16(14-23)6-8-18/h5-8,14,17,19H,3-4,9-13,15H2,1-2H3,(H,21,24). The lowest BCUT2D eigenvalue weighted by Crippen LogP contribution is -2.52. The lowest BCUT2D eigenvalue weighted by atomic mass is 9.92. The van der Waals surface area contributed by atoms with Gasteiger partial charge in [0.2, 0.25) is 0 Å². The molecule has 0 aromatic heterocycles. The van der Waals surface area contributed by atoms with Crippen molar-refractivity contribution in [1.29, 1.82) is 0 Å². The molecule has 1 heterocycles. The second-order valence-corrected chi connectivity index (χ2v) is 6.57. The molecule has 1 saturated heterocycles. The molecule has 6 heteroatoms. The summed E-state index contributed by atoms with van der Waals surface area (Å²) in [5, 5.41) is 3.02. The summed E-state index contributed by atoms with van der Waals surface area (Å²) in [5.41, 5.74) is 0.584. The van der Waals surface area contributed by atoms with Crippen LogP contribution in [-0.4, -0.2) is 62.6 Å². The van der Waals surface area contributed by atoms with E-state index in [-0.39, 0.29) is 12.5 Å². The minimum absolute atomic E-state index is 0.0286. The van der Waals surface area contributed by atoms with Crippen LogP contribution in [0.4, 0.5) is 0 Å². The lowest BCUT2D eigenvalue weighted by molar-refractivity contribution is -0.123. The van der Waals surface area contributed by atoms with Crippen LogP contribution in [0, 0.1) is 5.92 Å². The monoisotopic (exact) mass is 362 g/mol. The topological polar surface area (TPSA) is 67.9 Å². The van der Waals surface area contributed by atoms with Gasteiger partial charge in [0.15, 0.2) is 6.61 Å². The molecule has 0 radical (unpaired) electrons. The van der Waals surface area contributed by atoms with Crippen LogP contribution < -0.4 is 10.1 Å². The highest BCUT2D eigenvalue weighted by Crippen LogP contribution is 2.19. The number of benzene rings is 1. The number of carbonyl (C=O) groups is 2. The van der Waals surface area contributed by atoms with E-state index in [1.54, 1.807) is 24.3 Å². The van der Waals surface area contributed by atoms with Gasteiger partial charge in [-0.2, -0.15) is 0 Å². The zero-order valence-corrected chi connectivity index (χ0v) is 15.8. The highest BCUT2D eigenvalue weighted by atomic mass is 16.5. The maximum Gasteiger partial charge on any atom is 0.257 e. The third-order valence-corrected chi connectivity index (χ3v) is 5.00. The Balaban J connectivity index is 1.83. The number of hydrogen-bond donors (Lipinski definition) is 1. The maximum absolute atomic E-state index is 12.2. The van der Waals surface area contributed by atoms with Gasteiger partial charge in [0, 0.05) is 31.2 Å². The normalized spacial score (nSPS) is 16.3. The Labute approximate surface area is 155 Å². The quantitative estimate of drug-likeness (QED) is 0.646. The summed E-state index contributed by atoms with van der Waals surface area (Å²) in [6.45, 7) is 8.34. The van der Waals surface area contributed by atoms with Crippen LogP contribution in [0.3, 0.4) is 0 Å². The average Bonchev–Trinajstić information content (AvgIpc) is 2.70. The number of nitrogens with zero attached hydrogens (tertiary/aromatic N) is 1. The van der Waals surface area contributed by atoms with Crippen LogP contribution in [-0.2, 0) is 9.53 Å². The summed E-state index contributed by atoms with van der Waals surface area (Å²) in [4.78, 5) is 25.3. The van der Waals surface area contributed by atoms with Gasteiger partial charge in [-0.05, 0) is 30.2 Å². The molecule has 2 rings (SSSR count). The number of ether oxygens (including phenoxy) is 2. The lowest BCUT2D eigenvalue weighted by Gasteiger charge is -2.38. The zero-order chi connectivity index (χ0) is 18.8. The Morgan fingerprint density at radius 2 is 1.88 bits per heavy atom. The first-order chi connectivity index (χ1) is 12.7. The average molecular weight is 362 g/mol. The van der Waals surface area contributed by atoms with Crippen molar-refractivity contribution in [2.24, 2.45) is 5.92 Å². The molecule has 1 unspecified atom stereocenters. The van der Waals surface area contributed by atoms with Crippen LogP contribution in [0.15, 0.2) is 24.3 Å². The molecule has 6 nitrogen and oxygen atoms in total. The Hall–Kier alpha value is -1.92. The highest BCUT2D eigenvalue weighted by Gasteiger charge is 2.27. The number of hydrogen-bond acceptors (Lipinski definition) is 5. The molecule has 144 valence electrons. The zero-order valence-electron chi connectivity index (χ0n) is 15.8. The van der Waals surface area contributed by atoms with E-state index in [9.17, 15) is 9.59 Å². The SMILES string of the molecule is CCC(CC)C(CNC(=O)COc1ccc(C=O)cc1)N1CCOCC1. The van der Waals surface area contributed by atoms with Gasteiger partial charge in [-0.3, -0.25) is 14.5 Å². The van der Waals surface area contributed by atoms with Crippen molar-refractivity contribution in [2.45, 2.75) is 32.7 Å². The van der Waals surface area contributed by atoms with Gasteiger partial charge in [0.05, 0.1) is 13.2 Å². The van der Waals surface area contributed by atoms with Crippen LogP contribution in [0.5, 0.6) is 5.75 Å². The largest absolute Gasteiger partial charge is 0.484 e. The molecule has 1 aliphatic rings. The fourth-order valence-electron chi connectivity index (χ4n) is 3.40. The third-order valence-electron chi connectivity index (χ3n) is 5.00. The molecule has 1 aromatic carbocycles. The first kappa shape index (κ1) is 20.4. The van der Waals surface area contributed by atoms with E-state index < -0.39 is 0 Å². The van der Waals surface area contributed by atoms with Gasteiger partial charge in [0.25, 0.3) is 5.91 Å². The van der Waals surface area contributed by atoms with Crippen LogP contribution >= 0.6 is 0 Å². The smallest absolute Gasteiger partial charge is 0.257 e. The van der Waals surface area contributed by atoms with Gasteiger partial charge < -0.3 is 14.8 Å². The molecule has 1 aliphatic heterocycles. The highest BCUT2D eigenvalue weighted by molar-refractivity contribution is 5.77. The molecular weight excluding hydrogens is 332 g/mol. The number of rotatable bonds is 10. The maximum atomic E-state index is 12.2. The molecule has 1 amide bonds. The molecular formula is C20H30N2O4. The minimum atomic E-state index is -0.131. The molecule has 1 aromatic rings. The van der Waals surface area contributed by atoms with Crippen molar-refractivity contribution < 1.29 is 19.1 Å². The van der Waals surface area contributed by atoms with Crippen LogP contribution in [0.1, 0.15) is 37.0 Å². The van der Waals surface area contributed by atoms with Crippen molar-refractivity contribution >= 4 is 12.2 Å². The predicted octanol–water partition coefficient (Wildman–Crippen LogP) is 2.13. The van der Waals surface area contributed by atoms with Gasteiger partial charge >= 0.3 is 0 Å². The van der Waals surface area contributed by atoms with Crippen molar-refractivity contribution in [2.75, 3.05) is 39.5 Å². The summed E-state index contributed by atoms with van der Waals surface area (Å²) in [5.74, 6) is 0.995. The Morgan fingerprint density at radius 1 is 1.23 bits per heavy atom. The first-order valence-corrected chi connectivity index (χ1v) is 9.44. The minimum Gasteiger partial charge on any atom is -0.484 e. The second-order valence-electron chi connectivity index (χ2n) is 6.57. The number of carbonyl (C=O) groups excluding carboxylic acids is 2. The molecule has 0 spiro atoms. The molecule has 1 fully saturated rings. The van der Waals surface area contributed by atoms with Crippen molar-refractivity contribution in [3.8, 4) is 5.75 Å². The van der Waals surface area contributed by atoms with E-state index in [0.29, 0.717) is 29.8 Å². The number of amides is 1. The van der Waals surface area contributed by atoms with Crippen molar-refractivity contribution in [1.82, 2.24) is 10.2 Å². The second kappa shape index (κ2) is 10.9. The fourth-order valence-corrected chi connectivity index (χ4v) is 3.40. The predicted molar refractivity (Wildman–Crippen MR) is 101 cm³/mol. The van der Waals surface area contributed by atoms with Crippen LogP contribution in [0.25, 0.3) is 0 Å². The van der Waals surface area contributed by atoms with E-state index in [2.05, 4.69) is 24.1 Å². The van der Waals surface area contributed by atoms with Gasteiger partial charge in [0.1, 0.15) is 12.0 Å². The van der Waals surface area contributed by atoms with Gasteiger partial charge in [-0.15, -0.1) is 0 Å². The van der Waals surface area contributed by atoms with E-state index in [1.807, 2.05) is 0 Å². The molecule has 0 saturated carbocycles. The van der Waals surface area contributed by atoms with E-state index in [1.165, 1.54) is 0 Å². The summed E-state index contributed by atoms with van der Waals surface area (Å²) in [7, 11) is 0. The van der Waals surface area contributed by atoms with Gasteiger partial charge in [-0.25, -0.2) is 0 Å². The summed E-state index contributed by atoms with van der Waals surface area (Å²) < 4.78 is 11.0. The Bertz CT molecular complexity index is 551. The molecule has 1 N–H and O–H groups in total. The molecule has 1 atom stereocenters. The van der Waals surface area contributed by atoms with E-state index >= 15 is 0 Å². The van der Waals surface area contributed by atoms with Gasteiger partial charge in [-0.1, -0.05) is 26.7 Å². The molecule has 26 heavy (non-hydrogen) atoms. The summed E-state index contributed by atoms with van der Waals surface area (Å²) in [6, 6.07) is 7.05. The van der Waals surface area contributed by atoms with Crippen molar-refractivity contribution in [3.05, 3.63) is 29.8 Å². The first-order valence-electron chi connectivity index (χ1n) is 9.44. The Kier molecular flexibility index (Phi) is 8.58.